The molecule has 0 saturated carbocycles. The first-order valence-electron chi connectivity index (χ1n) is 4.76. The van der Waals surface area contributed by atoms with Gasteiger partial charge in [0.05, 0.1) is 11.5 Å². The van der Waals surface area contributed by atoms with Crippen LogP contribution in [0.4, 0.5) is 5.69 Å². The number of aromatic nitrogens is 1. The summed E-state index contributed by atoms with van der Waals surface area (Å²) in [6.45, 7) is 0.787. The van der Waals surface area contributed by atoms with Gasteiger partial charge in [-0.3, -0.25) is 10.1 Å². The van der Waals surface area contributed by atoms with Gasteiger partial charge in [0.2, 0.25) is 0 Å². The van der Waals surface area contributed by atoms with E-state index in [9.17, 15) is 10.1 Å². The molecule has 0 aliphatic heterocycles. The summed E-state index contributed by atoms with van der Waals surface area (Å²) in [6, 6.07) is 4.85. The number of rotatable bonds is 3. The third-order valence-electron chi connectivity index (χ3n) is 2.41. The van der Waals surface area contributed by atoms with Gasteiger partial charge in [-0.2, -0.15) is 0 Å². The zero-order chi connectivity index (χ0) is 10.8. The van der Waals surface area contributed by atoms with E-state index in [-0.39, 0.29) is 10.6 Å². The van der Waals surface area contributed by atoms with Crippen LogP contribution < -0.4 is 5.73 Å². The molecular formula is C10H12N3O2+. The fourth-order valence-corrected chi connectivity index (χ4v) is 1.68. The first-order valence-corrected chi connectivity index (χ1v) is 4.76. The molecular weight excluding hydrogens is 194 g/mol. The van der Waals surface area contributed by atoms with E-state index in [4.69, 9.17) is 0 Å². The third kappa shape index (κ3) is 1.69. The number of nitrogens with one attached hydrogen (secondary N) is 1. The molecule has 0 atom stereocenters. The highest BCUT2D eigenvalue weighted by Gasteiger charge is 2.09. The maximum atomic E-state index is 10.6. The molecule has 0 unspecified atom stereocenters. The zero-order valence-electron chi connectivity index (χ0n) is 8.19. The molecule has 1 aromatic heterocycles. The molecule has 78 valence electrons. The molecule has 0 radical (unpaired) electrons. The van der Waals surface area contributed by atoms with E-state index in [1.54, 1.807) is 12.1 Å². The molecule has 5 nitrogen and oxygen atoms in total. The van der Waals surface area contributed by atoms with Gasteiger partial charge < -0.3 is 10.7 Å². The van der Waals surface area contributed by atoms with Crippen LogP contribution in [0.1, 0.15) is 5.56 Å². The van der Waals surface area contributed by atoms with Gasteiger partial charge in [0.25, 0.3) is 5.69 Å². The van der Waals surface area contributed by atoms with Gasteiger partial charge in [0, 0.05) is 35.7 Å². The number of nitrogens with zero attached hydrogens (tertiary/aromatic N) is 1. The van der Waals surface area contributed by atoms with E-state index in [2.05, 4.69) is 10.7 Å². The van der Waals surface area contributed by atoms with Crippen molar-refractivity contribution in [2.75, 3.05) is 6.54 Å². The normalized spacial score (nSPS) is 10.7. The molecule has 0 amide bonds. The van der Waals surface area contributed by atoms with Crippen molar-refractivity contribution in [1.82, 2.24) is 4.98 Å². The van der Waals surface area contributed by atoms with E-state index in [1.165, 1.54) is 6.07 Å². The first-order chi connectivity index (χ1) is 7.22. The first kappa shape index (κ1) is 9.67. The molecule has 4 N–H and O–H groups in total. The number of hydrogen-bond donors (Lipinski definition) is 2. The predicted octanol–water partition coefficient (Wildman–Crippen LogP) is 0.861. The summed E-state index contributed by atoms with van der Waals surface area (Å²) in [7, 11) is 0. The summed E-state index contributed by atoms with van der Waals surface area (Å²) in [5.74, 6) is 0. The molecule has 2 rings (SSSR count). The molecule has 1 aromatic carbocycles. The highest BCUT2D eigenvalue weighted by atomic mass is 16.6. The minimum atomic E-state index is -0.375. The second-order valence-corrected chi connectivity index (χ2v) is 3.40. The third-order valence-corrected chi connectivity index (χ3v) is 2.41. The van der Waals surface area contributed by atoms with E-state index in [0.717, 1.165) is 29.4 Å². The number of benzene rings is 1. The van der Waals surface area contributed by atoms with Crippen molar-refractivity contribution in [3.8, 4) is 0 Å². The molecule has 1 heterocycles. The Morgan fingerprint density at radius 1 is 1.47 bits per heavy atom. The number of fused-ring (bicyclic) bond motifs is 1. The van der Waals surface area contributed by atoms with Crippen LogP contribution in [-0.4, -0.2) is 16.5 Å². The fraction of sp³-hybridized carbons (Fsp3) is 0.200. The smallest absolute Gasteiger partial charge is 0.270 e. The SMILES string of the molecule is [NH3+]CCc1c[nH]c2ccc([N+](=O)[O-])cc12. The molecule has 2 aromatic rings. The van der Waals surface area contributed by atoms with Crippen LogP contribution >= 0.6 is 0 Å². The Bertz CT molecular complexity index is 504. The summed E-state index contributed by atoms with van der Waals surface area (Å²) in [5.41, 5.74) is 5.93. The molecule has 5 heteroatoms. The molecule has 0 saturated heterocycles. The molecule has 0 fully saturated rings. The molecule has 0 bridgehead atoms. The minimum Gasteiger partial charge on any atom is -0.361 e. The summed E-state index contributed by atoms with van der Waals surface area (Å²) in [4.78, 5) is 13.3. The Morgan fingerprint density at radius 3 is 2.93 bits per heavy atom. The van der Waals surface area contributed by atoms with Crippen LogP contribution in [0.15, 0.2) is 24.4 Å². The summed E-state index contributed by atoms with van der Waals surface area (Å²) >= 11 is 0. The molecule has 15 heavy (non-hydrogen) atoms. The van der Waals surface area contributed by atoms with Gasteiger partial charge in [-0.05, 0) is 11.6 Å². The van der Waals surface area contributed by atoms with Gasteiger partial charge in [0.15, 0.2) is 0 Å². The number of nitro benzene ring substituents is 1. The summed E-state index contributed by atoms with van der Waals surface area (Å²) < 4.78 is 0. The number of non-ortho nitro benzene ring substituents is 1. The summed E-state index contributed by atoms with van der Waals surface area (Å²) in [5, 5.41) is 11.5. The van der Waals surface area contributed by atoms with Gasteiger partial charge >= 0.3 is 0 Å². The number of quaternary nitrogens is 1. The Balaban J connectivity index is 2.56. The van der Waals surface area contributed by atoms with Crippen LogP contribution in [0.3, 0.4) is 0 Å². The van der Waals surface area contributed by atoms with Crippen molar-refractivity contribution >= 4 is 16.6 Å². The van der Waals surface area contributed by atoms with Crippen LogP contribution in [0.5, 0.6) is 0 Å². The lowest BCUT2D eigenvalue weighted by Crippen LogP contribution is -2.51. The van der Waals surface area contributed by atoms with Crippen LogP contribution in [-0.2, 0) is 6.42 Å². The lowest BCUT2D eigenvalue weighted by Gasteiger charge is -1.95. The van der Waals surface area contributed by atoms with Crippen molar-refractivity contribution in [2.24, 2.45) is 0 Å². The fourth-order valence-electron chi connectivity index (χ4n) is 1.68. The lowest BCUT2D eigenvalue weighted by molar-refractivity contribution is -0.384. The van der Waals surface area contributed by atoms with E-state index < -0.39 is 0 Å². The van der Waals surface area contributed by atoms with Crippen molar-refractivity contribution in [3.05, 3.63) is 40.1 Å². The molecule has 0 aliphatic carbocycles. The average Bonchev–Trinajstić information content (AvgIpc) is 2.61. The van der Waals surface area contributed by atoms with Crippen molar-refractivity contribution in [1.29, 1.82) is 0 Å². The average molecular weight is 206 g/mol. The highest BCUT2D eigenvalue weighted by Crippen LogP contribution is 2.23. The van der Waals surface area contributed by atoms with Crippen LogP contribution in [0, 0.1) is 10.1 Å². The maximum Gasteiger partial charge on any atom is 0.270 e. The second-order valence-electron chi connectivity index (χ2n) is 3.40. The summed E-state index contributed by atoms with van der Waals surface area (Å²) in [6.07, 6.45) is 2.72. The Labute approximate surface area is 86.0 Å². The Kier molecular flexibility index (Phi) is 2.39. The van der Waals surface area contributed by atoms with Crippen molar-refractivity contribution in [3.63, 3.8) is 0 Å². The van der Waals surface area contributed by atoms with Crippen molar-refractivity contribution in [2.45, 2.75) is 6.42 Å². The van der Waals surface area contributed by atoms with Crippen LogP contribution in [0.2, 0.25) is 0 Å². The van der Waals surface area contributed by atoms with Crippen molar-refractivity contribution < 1.29 is 10.7 Å². The minimum absolute atomic E-state index is 0.132. The largest absolute Gasteiger partial charge is 0.361 e. The number of H-pyrrole nitrogens is 1. The van der Waals surface area contributed by atoms with Gasteiger partial charge in [-0.15, -0.1) is 0 Å². The van der Waals surface area contributed by atoms with Gasteiger partial charge in [-0.25, -0.2) is 0 Å². The molecule has 0 aliphatic rings. The van der Waals surface area contributed by atoms with Gasteiger partial charge in [0.1, 0.15) is 0 Å². The standard InChI is InChI=1S/C10H11N3O2/c11-4-3-7-6-12-10-2-1-8(13(14)15)5-9(7)10/h1-2,5-6,12H,3-4,11H2/p+1. The lowest BCUT2D eigenvalue weighted by atomic mass is 10.1. The second kappa shape index (κ2) is 3.70. The maximum absolute atomic E-state index is 10.6. The number of aromatic amines is 1. The van der Waals surface area contributed by atoms with E-state index in [1.807, 2.05) is 6.20 Å². The van der Waals surface area contributed by atoms with Crippen LogP contribution in [0.25, 0.3) is 10.9 Å². The highest BCUT2D eigenvalue weighted by molar-refractivity contribution is 5.85. The topological polar surface area (TPSA) is 86.6 Å². The van der Waals surface area contributed by atoms with E-state index in [0.29, 0.717) is 0 Å². The Hall–Kier alpha value is -1.88. The predicted molar refractivity (Wildman–Crippen MR) is 56.4 cm³/mol. The van der Waals surface area contributed by atoms with E-state index >= 15 is 0 Å². The molecule has 0 spiro atoms. The monoisotopic (exact) mass is 206 g/mol. The van der Waals surface area contributed by atoms with Gasteiger partial charge in [-0.1, -0.05) is 0 Å². The zero-order valence-corrected chi connectivity index (χ0v) is 8.19. The number of hydrogen-bond acceptors (Lipinski definition) is 2. The Morgan fingerprint density at radius 2 is 2.27 bits per heavy atom. The number of nitro groups is 1. The quantitative estimate of drug-likeness (QED) is 0.576.